The van der Waals surface area contributed by atoms with E-state index in [9.17, 15) is 14.7 Å². The number of phenols is 1. The van der Waals surface area contributed by atoms with Crippen LogP contribution in [0.1, 0.15) is 21.5 Å². The molecular formula is C17H15N3O4. The molecule has 7 heteroatoms. The SMILES string of the molecule is O=C(/C=C/c1cccc(C(=O)N/N=C/c2ccccc2O)c1)NO. The highest BCUT2D eigenvalue weighted by Crippen LogP contribution is 2.12. The zero-order chi connectivity index (χ0) is 17.4. The molecule has 0 radical (unpaired) electrons. The van der Waals surface area contributed by atoms with Crippen molar-refractivity contribution in [3.8, 4) is 5.75 Å². The van der Waals surface area contributed by atoms with Crippen LogP contribution in [0.5, 0.6) is 5.75 Å². The van der Waals surface area contributed by atoms with Crippen LogP contribution in [0.25, 0.3) is 6.08 Å². The van der Waals surface area contributed by atoms with E-state index in [1.807, 2.05) is 0 Å². The summed E-state index contributed by atoms with van der Waals surface area (Å²) in [7, 11) is 0. The molecule has 0 spiro atoms. The molecular weight excluding hydrogens is 310 g/mol. The number of carbonyl (C=O) groups is 2. The first-order chi connectivity index (χ1) is 11.6. The molecule has 4 N–H and O–H groups in total. The summed E-state index contributed by atoms with van der Waals surface area (Å²) >= 11 is 0. The number of hydrogen-bond acceptors (Lipinski definition) is 5. The average Bonchev–Trinajstić information content (AvgIpc) is 2.61. The summed E-state index contributed by atoms with van der Waals surface area (Å²) in [5.41, 5.74) is 5.26. The van der Waals surface area contributed by atoms with E-state index in [0.29, 0.717) is 16.7 Å². The van der Waals surface area contributed by atoms with Crippen molar-refractivity contribution in [2.75, 3.05) is 0 Å². The van der Waals surface area contributed by atoms with E-state index in [2.05, 4.69) is 10.5 Å². The maximum absolute atomic E-state index is 12.0. The Bertz CT molecular complexity index is 800. The molecule has 0 heterocycles. The van der Waals surface area contributed by atoms with Crippen molar-refractivity contribution in [1.82, 2.24) is 10.9 Å². The lowest BCUT2D eigenvalue weighted by molar-refractivity contribution is -0.124. The van der Waals surface area contributed by atoms with Gasteiger partial charge in [-0.2, -0.15) is 5.10 Å². The minimum absolute atomic E-state index is 0.0600. The Kier molecular flexibility index (Phi) is 5.82. The van der Waals surface area contributed by atoms with Crippen molar-refractivity contribution in [1.29, 1.82) is 0 Å². The molecule has 0 aliphatic carbocycles. The Morgan fingerprint density at radius 1 is 1.08 bits per heavy atom. The van der Waals surface area contributed by atoms with E-state index >= 15 is 0 Å². The summed E-state index contributed by atoms with van der Waals surface area (Å²) in [6.45, 7) is 0. The Hall–Kier alpha value is -3.45. The van der Waals surface area contributed by atoms with Gasteiger partial charge >= 0.3 is 0 Å². The summed E-state index contributed by atoms with van der Waals surface area (Å²) < 4.78 is 0. The standard InChI is InChI=1S/C17H15N3O4/c21-15-7-2-1-5-14(15)11-18-19-17(23)13-6-3-4-12(10-13)8-9-16(22)20-24/h1-11,21,24H,(H,19,23)(H,20,22)/b9-8+,18-11+. The van der Waals surface area contributed by atoms with Crippen LogP contribution < -0.4 is 10.9 Å². The van der Waals surface area contributed by atoms with Gasteiger partial charge in [-0.3, -0.25) is 14.8 Å². The van der Waals surface area contributed by atoms with E-state index < -0.39 is 11.8 Å². The van der Waals surface area contributed by atoms with Gasteiger partial charge in [0.2, 0.25) is 0 Å². The minimum atomic E-state index is -0.669. The average molecular weight is 325 g/mol. The molecule has 0 saturated heterocycles. The molecule has 0 aliphatic heterocycles. The van der Waals surface area contributed by atoms with Crippen molar-refractivity contribution in [3.05, 3.63) is 71.3 Å². The molecule has 0 fully saturated rings. The number of aromatic hydroxyl groups is 1. The molecule has 122 valence electrons. The van der Waals surface area contributed by atoms with Crippen molar-refractivity contribution in [2.45, 2.75) is 0 Å². The quantitative estimate of drug-likeness (QED) is 0.290. The normalized spacial score (nSPS) is 10.9. The lowest BCUT2D eigenvalue weighted by atomic mass is 10.1. The van der Waals surface area contributed by atoms with Crippen LogP contribution in [0.15, 0.2) is 59.7 Å². The van der Waals surface area contributed by atoms with Crippen molar-refractivity contribution in [3.63, 3.8) is 0 Å². The van der Waals surface area contributed by atoms with Gasteiger partial charge in [0, 0.05) is 17.2 Å². The highest BCUT2D eigenvalue weighted by molar-refractivity contribution is 5.96. The first-order valence-electron chi connectivity index (χ1n) is 6.94. The highest BCUT2D eigenvalue weighted by Gasteiger charge is 2.04. The van der Waals surface area contributed by atoms with Gasteiger partial charge in [-0.15, -0.1) is 0 Å². The maximum Gasteiger partial charge on any atom is 0.271 e. The predicted molar refractivity (Wildman–Crippen MR) is 88.6 cm³/mol. The van der Waals surface area contributed by atoms with E-state index in [1.165, 1.54) is 23.8 Å². The second-order valence-corrected chi connectivity index (χ2v) is 4.69. The van der Waals surface area contributed by atoms with Crippen LogP contribution in [0, 0.1) is 0 Å². The summed E-state index contributed by atoms with van der Waals surface area (Å²) in [5, 5.41) is 21.8. The van der Waals surface area contributed by atoms with Gasteiger partial charge in [-0.1, -0.05) is 24.3 Å². The Labute approximate surface area is 137 Å². The van der Waals surface area contributed by atoms with Gasteiger partial charge in [0.15, 0.2) is 0 Å². The number of hydrazone groups is 1. The lowest BCUT2D eigenvalue weighted by Crippen LogP contribution is -2.17. The zero-order valence-corrected chi connectivity index (χ0v) is 12.5. The number of hydrogen-bond donors (Lipinski definition) is 4. The lowest BCUT2D eigenvalue weighted by Gasteiger charge is -2.02. The molecule has 0 unspecified atom stereocenters. The third-order valence-electron chi connectivity index (χ3n) is 2.99. The fraction of sp³-hybridized carbons (Fsp3) is 0. The molecule has 7 nitrogen and oxygen atoms in total. The summed E-state index contributed by atoms with van der Waals surface area (Å²) in [5.74, 6) is -1.05. The number of para-hydroxylation sites is 1. The smallest absolute Gasteiger partial charge is 0.271 e. The third kappa shape index (κ3) is 4.79. The molecule has 0 bridgehead atoms. The minimum Gasteiger partial charge on any atom is -0.507 e. The number of nitrogens with one attached hydrogen (secondary N) is 2. The van der Waals surface area contributed by atoms with Gasteiger partial charge in [-0.05, 0) is 35.9 Å². The van der Waals surface area contributed by atoms with Gasteiger partial charge in [-0.25, -0.2) is 10.9 Å². The monoisotopic (exact) mass is 325 g/mol. The molecule has 0 saturated carbocycles. The number of benzene rings is 2. The van der Waals surface area contributed by atoms with Crippen LogP contribution >= 0.6 is 0 Å². The molecule has 0 atom stereocenters. The third-order valence-corrected chi connectivity index (χ3v) is 2.99. The van der Waals surface area contributed by atoms with Crippen LogP contribution in [-0.4, -0.2) is 28.3 Å². The predicted octanol–water partition coefficient (Wildman–Crippen LogP) is 1.67. The van der Waals surface area contributed by atoms with Gasteiger partial charge in [0.1, 0.15) is 5.75 Å². The van der Waals surface area contributed by atoms with Crippen LogP contribution in [-0.2, 0) is 4.79 Å². The maximum atomic E-state index is 12.0. The molecule has 2 aromatic rings. The fourth-order valence-corrected chi connectivity index (χ4v) is 1.81. The zero-order valence-electron chi connectivity index (χ0n) is 12.5. The van der Waals surface area contributed by atoms with Crippen LogP contribution in [0.4, 0.5) is 0 Å². The van der Waals surface area contributed by atoms with E-state index in [-0.39, 0.29) is 5.75 Å². The molecule has 0 aromatic heterocycles. The number of amides is 2. The number of hydroxylamine groups is 1. The van der Waals surface area contributed by atoms with Gasteiger partial charge in [0.05, 0.1) is 6.21 Å². The molecule has 0 aliphatic rings. The Morgan fingerprint density at radius 3 is 2.62 bits per heavy atom. The Balaban J connectivity index is 2.03. The second-order valence-electron chi connectivity index (χ2n) is 4.69. The largest absolute Gasteiger partial charge is 0.507 e. The number of nitrogens with zero attached hydrogens (tertiary/aromatic N) is 1. The van der Waals surface area contributed by atoms with Crippen molar-refractivity contribution in [2.24, 2.45) is 5.10 Å². The highest BCUT2D eigenvalue weighted by atomic mass is 16.5. The van der Waals surface area contributed by atoms with Crippen molar-refractivity contribution >= 4 is 24.1 Å². The molecule has 2 amide bonds. The molecule has 24 heavy (non-hydrogen) atoms. The second kappa shape index (κ2) is 8.25. The number of carbonyl (C=O) groups excluding carboxylic acids is 2. The summed E-state index contributed by atoms with van der Waals surface area (Å²) in [6, 6.07) is 13.1. The number of phenolic OH excluding ortho intramolecular Hbond substituents is 1. The summed E-state index contributed by atoms with van der Waals surface area (Å²) in [6.07, 6.45) is 3.92. The molecule has 2 aromatic carbocycles. The number of rotatable bonds is 5. The topological polar surface area (TPSA) is 111 Å². The fourth-order valence-electron chi connectivity index (χ4n) is 1.81. The first-order valence-corrected chi connectivity index (χ1v) is 6.94. The van der Waals surface area contributed by atoms with Crippen molar-refractivity contribution < 1.29 is 19.9 Å². The van der Waals surface area contributed by atoms with Crippen LogP contribution in [0.2, 0.25) is 0 Å². The molecule has 2 rings (SSSR count). The van der Waals surface area contributed by atoms with E-state index in [0.717, 1.165) is 6.08 Å². The summed E-state index contributed by atoms with van der Waals surface area (Å²) in [4.78, 5) is 23.0. The first kappa shape index (κ1) is 16.9. The van der Waals surface area contributed by atoms with E-state index in [4.69, 9.17) is 5.21 Å². The van der Waals surface area contributed by atoms with E-state index in [1.54, 1.807) is 42.5 Å². The van der Waals surface area contributed by atoms with Crippen LogP contribution in [0.3, 0.4) is 0 Å². The van der Waals surface area contributed by atoms with Gasteiger partial charge < -0.3 is 5.11 Å². The Morgan fingerprint density at radius 2 is 1.88 bits per heavy atom. The van der Waals surface area contributed by atoms with Gasteiger partial charge in [0.25, 0.3) is 11.8 Å².